The summed E-state index contributed by atoms with van der Waals surface area (Å²) < 4.78 is 11.5. The summed E-state index contributed by atoms with van der Waals surface area (Å²) in [5.74, 6) is 1.26. The Hall–Kier alpha value is -4.05. The van der Waals surface area contributed by atoms with Crippen molar-refractivity contribution in [3.63, 3.8) is 0 Å². The van der Waals surface area contributed by atoms with Crippen LogP contribution in [0.4, 0.5) is 5.69 Å². The average Bonchev–Trinajstić information content (AvgIpc) is 2.88. The molecule has 4 aromatic carbocycles. The van der Waals surface area contributed by atoms with Crippen LogP contribution in [0, 0.1) is 0 Å². The molecule has 0 aromatic heterocycles. The van der Waals surface area contributed by atoms with E-state index in [-0.39, 0.29) is 5.91 Å². The zero-order valence-electron chi connectivity index (χ0n) is 18.9. The Bertz CT molecular complexity index is 1200. The van der Waals surface area contributed by atoms with E-state index < -0.39 is 0 Å². The van der Waals surface area contributed by atoms with Crippen molar-refractivity contribution in [2.75, 3.05) is 12.4 Å². The normalized spacial score (nSPS) is 10.5. The predicted octanol–water partition coefficient (Wildman–Crippen LogP) is 6.76. The van der Waals surface area contributed by atoms with Gasteiger partial charge in [-0.3, -0.25) is 4.79 Å². The molecule has 0 heterocycles. The van der Waals surface area contributed by atoms with E-state index in [1.807, 2.05) is 72.8 Å². The number of benzene rings is 4. The van der Waals surface area contributed by atoms with E-state index in [1.165, 1.54) is 5.56 Å². The number of aryl methyl sites for hydroxylation is 1. The van der Waals surface area contributed by atoms with Crippen LogP contribution in [0.1, 0.15) is 28.4 Å². The molecule has 0 aliphatic heterocycles. The van der Waals surface area contributed by atoms with Crippen LogP contribution in [0.25, 0.3) is 11.1 Å². The number of rotatable bonds is 8. The molecule has 0 fully saturated rings. The monoisotopic (exact) mass is 437 g/mol. The average molecular weight is 438 g/mol. The molecule has 0 atom stereocenters. The maximum absolute atomic E-state index is 12.8. The molecule has 0 bridgehead atoms. The number of anilines is 1. The lowest BCUT2D eigenvalue weighted by atomic mass is 10.1. The molecule has 166 valence electrons. The van der Waals surface area contributed by atoms with Crippen molar-refractivity contribution in [2.24, 2.45) is 0 Å². The van der Waals surface area contributed by atoms with Crippen molar-refractivity contribution in [3.8, 4) is 22.6 Å². The van der Waals surface area contributed by atoms with Crippen molar-refractivity contribution in [1.29, 1.82) is 0 Å². The number of methoxy groups -OCH3 is 1. The number of carbonyl (C=O) groups is 1. The van der Waals surface area contributed by atoms with E-state index in [9.17, 15) is 4.79 Å². The van der Waals surface area contributed by atoms with Gasteiger partial charge in [0.1, 0.15) is 18.1 Å². The Kier molecular flexibility index (Phi) is 7.06. The number of carbonyl (C=O) groups excluding carboxylic acids is 1. The Labute approximate surface area is 194 Å². The predicted molar refractivity (Wildman–Crippen MR) is 133 cm³/mol. The maximum atomic E-state index is 12.8. The van der Waals surface area contributed by atoms with Gasteiger partial charge in [-0.15, -0.1) is 0 Å². The molecule has 1 amide bonds. The summed E-state index contributed by atoms with van der Waals surface area (Å²) in [7, 11) is 1.61. The highest BCUT2D eigenvalue weighted by Crippen LogP contribution is 2.25. The Balaban J connectivity index is 1.44. The fourth-order valence-corrected chi connectivity index (χ4v) is 3.59. The summed E-state index contributed by atoms with van der Waals surface area (Å²) in [6.45, 7) is 2.40. The highest BCUT2D eigenvalue weighted by molar-refractivity contribution is 6.04. The molecule has 33 heavy (non-hydrogen) atoms. The summed E-state index contributed by atoms with van der Waals surface area (Å²) in [6.07, 6.45) is 0.963. The van der Waals surface area contributed by atoms with Gasteiger partial charge in [0.25, 0.3) is 5.91 Å². The molecule has 0 radical (unpaired) electrons. The van der Waals surface area contributed by atoms with Gasteiger partial charge in [0.05, 0.1) is 7.11 Å². The molecule has 4 aromatic rings. The molecular weight excluding hydrogens is 410 g/mol. The Morgan fingerprint density at radius 2 is 1.52 bits per heavy atom. The molecule has 0 aliphatic carbocycles. The van der Waals surface area contributed by atoms with Gasteiger partial charge < -0.3 is 14.8 Å². The standard InChI is InChI=1S/C29H27NO3/c1-3-21-9-14-26(15-10-21)30-29(31)24-13-18-28(32-2)25(19-24)20-33-27-16-11-23(12-17-27)22-7-5-4-6-8-22/h4-19H,3,20H2,1-2H3,(H,30,31). The van der Waals surface area contributed by atoms with Crippen molar-refractivity contribution in [1.82, 2.24) is 0 Å². The van der Waals surface area contributed by atoms with Crippen LogP contribution in [0.15, 0.2) is 97.1 Å². The van der Waals surface area contributed by atoms with Crippen LogP contribution < -0.4 is 14.8 Å². The third kappa shape index (κ3) is 5.60. The van der Waals surface area contributed by atoms with E-state index in [1.54, 1.807) is 19.2 Å². The summed E-state index contributed by atoms with van der Waals surface area (Å²) in [5.41, 5.74) is 5.64. The van der Waals surface area contributed by atoms with Crippen LogP contribution >= 0.6 is 0 Å². The van der Waals surface area contributed by atoms with Crippen LogP contribution in [0.3, 0.4) is 0 Å². The molecule has 4 rings (SSSR count). The zero-order chi connectivity index (χ0) is 23.0. The molecule has 0 saturated heterocycles. The van der Waals surface area contributed by atoms with Gasteiger partial charge in [-0.05, 0) is 65.6 Å². The van der Waals surface area contributed by atoms with E-state index >= 15 is 0 Å². The first kappa shape index (κ1) is 22.2. The largest absolute Gasteiger partial charge is 0.496 e. The number of hydrogen-bond donors (Lipinski definition) is 1. The molecule has 0 saturated carbocycles. The SMILES string of the molecule is CCc1ccc(NC(=O)c2ccc(OC)c(COc3ccc(-c4ccccc4)cc3)c2)cc1. The smallest absolute Gasteiger partial charge is 0.255 e. The van der Waals surface area contributed by atoms with E-state index in [0.717, 1.165) is 34.5 Å². The van der Waals surface area contributed by atoms with Gasteiger partial charge in [-0.2, -0.15) is 0 Å². The Morgan fingerprint density at radius 3 is 2.18 bits per heavy atom. The minimum absolute atomic E-state index is 0.171. The van der Waals surface area contributed by atoms with Gasteiger partial charge in [0.2, 0.25) is 0 Å². The van der Waals surface area contributed by atoms with Crippen LogP contribution in [0.5, 0.6) is 11.5 Å². The van der Waals surface area contributed by atoms with Crippen LogP contribution in [-0.2, 0) is 13.0 Å². The number of hydrogen-bond acceptors (Lipinski definition) is 3. The van der Waals surface area contributed by atoms with Crippen molar-refractivity contribution in [2.45, 2.75) is 20.0 Å². The lowest BCUT2D eigenvalue weighted by molar-refractivity contribution is 0.102. The maximum Gasteiger partial charge on any atom is 0.255 e. The summed E-state index contributed by atoms with van der Waals surface area (Å²) in [4.78, 5) is 12.8. The van der Waals surface area contributed by atoms with Crippen LogP contribution in [-0.4, -0.2) is 13.0 Å². The van der Waals surface area contributed by atoms with Crippen molar-refractivity contribution >= 4 is 11.6 Å². The van der Waals surface area contributed by atoms with Crippen LogP contribution in [0.2, 0.25) is 0 Å². The van der Waals surface area contributed by atoms with Crippen molar-refractivity contribution in [3.05, 3.63) is 114 Å². The second-order valence-electron chi connectivity index (χ2n) is 7.71. The number of nitrogens with one attached hydrogen (secondary N) is 1. The molecule has 1 N–H and O–H groups in total. The second-order valence-corrected chi connectivity index (χ2v) is 7.71. The molecule has 4 nitrogen and oxygen atoms in total. The quantitative estimate of drug-likeness (QED) is 0.331. The van der Waals surface area contributed by atoms with Gasteiger partial charge in [-0.25, -0.2) is 0 Å². The number of amides is 1. The Morgan fingerprint density at radius 1 is 0.818 bits per heavy atom. The topological polar surface area (TPSA) is 47.6 Å². The third-order valence-corrected chi connectivity index (χ3v) is 5.52. The minimum Gasteiger partial charge on any atom is -0.496 e. The fourth-order valence-electron chi connectivity index (χ4n) is 3.59. The molecule has 0 aliphatic rings. The first-order valence-corrected chi connectivity index (χ1v) is 11.0. The lowest BCUT2D eigenvalue weighted by Gasteiger charge is -2.13. The summed E-state index contributed by atoms with van der Waals surface area (Å²) in [5, 5.41) is 2.95. The molecule has 0 unspecified atom stereocenters. The molecular formula is C29H27NO3. The lowest BCUT2D eigenvalue weighted by Crippen LogP contribution is -2.13. The van der Waals surface area contributed by atoms with E-state index in [4.69, 9.17) is 9.47 Å². The second kappa shape index (κ2) is 10.5. The minimum atomic E-state index is -0.171. The third-order valence-electron chi connectivity index (χ3n) is 5.52. The van der Waals surface area contributed by atoms with E-state index in [0.29, 0.717) is 17.9 Å². The summed E-state index contributed by atoms with van der Waals surface area (Å²) >= 11 is 0. The number of ether oxygens (including phenoxy) is 2. The molecule has 4 heteroatoms. The van der Waals surface area contributed by atoms with Gasteiger partial charge in [-0.1, -0.05) is 61.5 Å². The van der Waals surface area contributed by atoms with Gasteiger partial charge in [0, 0.05) is 16.8 Å². The highest BCUT2D eigenvalue weighted by atomic mass is 16.5. The first-order valence-electron chi connectivity index (χ1n) is 11.0. The van der Waals surface area contributed by atoms with E-state index in [2.05, 4.69) is 24.4 Å². The summed E-state index contributed by atoms with van der Waals surface area (Å²) in [6, 6.07) is 31.4. The molecule has 0 spiro atoms. The first-order chi connectivity index (χ1) is 16.2. The zero-order valence-corrected chi connectivity index (χ0v) is 18.9. The van der Waals surface area contributed by atoms with Gasteiger partial charge >= 0.3 is 0 Å². The fraction of sp³-hybridized carbons (Fsp3) is 0.138. The highest BCUT2D eigenvalue weighted by Gasteiger charge is 2.12. The van der Waals surface area contributed by atoms with Gasteiger partial charge in [0.15, 0.2) is 0 Å². The van der Waals surface area contributed by atoms with Crippen molar-refractivity contribution < 1.29 is 14.3 Å².